The third-order valence-electron chi connectivity index (χ3n) is 3.44. The maximum atomic E-state index is 8.93. The summed E-state index contributed by atoms with van der Waals surface area (Å²) in [5.41, 5.74) is 1.07. The molecule has 0 saturated carbocycles. The Labute approximate surface area is 112 Å². The number of hydrogen-bond donors (Lipinski definition) is 2. The van der Waals surface area contributed by atoms with Crippen molar-refractivity contribution in [1.82, 2.24) is 14.5 Å². The monoisotopic (exact) mass is 270 g/mol. The van der Waals surface area contributed by atoms with Crippen LogP contribution in [0.1, 0.15) is 38.3 Å². The first-order valence-electron chi connectivity index (χ1n) is 6.75. The first-order chi connectivity index (χ1) is 8.85. The average molecular weight is 270 g/mol. The zero-order valence-electron chi connectivity index (χ0n) is 10.9. The molecule has 0 amide bonds. The van der Waals surface area contributed by atoms with Crippen LogP contribution in [0.15, 0.2) is 0 Å². The summed E-state index contributed by atoms with van der Waals surface area (Å²) in [6, 6.07) is 0.605. The van der Waals surface area contributed by atoms with E-state index in [-0.39, 0.29) is 0 Å². The summed E-state index contributed by atoms with van der Waals surface area (Å²) < 4.78 is 4.03. The molecule has 1 unspecified atom stereocenters. The lowest BCUT2D eigenvalue weighted by atomic mass is 10.1. The summed E-state index contributed by atoms with van der Waals surface area (Å²) in [6.45, 7) is 5.31. The molecule has 0 radical (unpaired) electrons. The highest BCUT2D eigenvalue weighted by Crippen LogP contribution is 2.26. The molecule has 2 N–H and O–H groups in total. The standard InChI is InChI=1S/C12H22N4OS/c1-2-13-12-11(14-15-18-12)9-16-7-3-5-10(16)6-4-8-17/h10,13,17H,2-9H2,1H3. The van der Waals surface area contributed by atoms with Crippen molar-refractivity contribution >= 4 is 16.5 Å². The summed E-state index contributed by atoms with van der Waals surface area (Å²) in [7, 11) is 0. The Bertz CT molecular complexity index is 358. The van der Waals surface area contributed by atoms with Crippen LogP contribution in [0.3, 0.4) is 0 Å². The molecule has 0 aromatic carbocycles. The molecule has 0 aliphatic carbocycles. The van der Waals surface area contributed by atoms with Crippen molar-refractivity contribution in [3.63, 3.8) is 0 Å². The van der Waals surface area contributed by atoms with E-state index < -0.39 is 0 Å². The van der Waals surface area contributed by atoms with E-state index >= 15 is 0 Å². The van der Waals surface area contributed by atoms with Crippen LogP contribution in [0.4, 0.5) is 5.00 Å². The maximum Gasteiger partial charge on any atom is 0.134 e. The van der Waals surface area contributed by atoms with E-state index in [9.17, 15) is 0 Å². The minimum Gasteiger partial charge on any atom is -0.396 e. The highest BCUT2D eigenvalue weighted by molar-refractivity contribution is 7.10. The van der Waals surface area contributed by atoms with Gasteiger partial charge in [-0.15, -0.1) is 5.10 Å². The predicted molar refractivity (Wildman–Crippen MR) is 73.8 cm³/mol. The smallest absolute Gasteiger partial charge is 0.134 e. The Hall–Kier alpha value is -0.720. The largest absolute Gasteiger partial charge is 0.396 e. The van der Waals surface area contributed by atoms with E-state index in [0.717, 1.165) is 43.2 Å². The van der Waals surface area contributed by atoms with Gasteiger partial charge in [-0.25, -0.2) is 0 Å². The van der Waals surface area contributed by atoms with Gasteiger partial charge in [0.2, 0.25) is 0 Å². The van der Waals surface area contributed by atoms with Crippen LogP contribution in [0.25, 0.3) is 0 Å². The maximum absolute atomic E-state index is 8.93. The van der Waals surface area contributed by atoms with Gasteiger partial charge in [0.1, 0.15) is 10.7 Å². The first kappa shape index (κ1) is 13.7. The molecule has 1 aromatic heterocycles. The number of nitrogens with zero attached hydrogens (tertiary/aromatic N) is 3. The topological polar surface area (TPSA) is 61.3 Å². The quantitative estimate of drug-likeness (QED) is 0.790. The SMILES string of the molecule is CCNc1snnc1CN1CCCC1CCCO. The molecule has 2 heterocycles. The van der Waals surface area contributed by atoms with Gasteiger partial charge in [-0.2, -0.15) is 0 Å². The fourth-order valence-electron chi connectivity index (χ4n) is 2.56. The van der Waals surface area contributed by atoms with Crippen molar-refractivity contribution in [3.05, 3.63) is 5.69 Å². The Kier molecular flexibility index (Phi) is 5.34. The van der Waals surface area contributed by atoms with Gasteiger partial charge in [-0.3, -0.25) is 4.90 Å². The van der Waals surface area contributed by atoms with Gasteiger partial charge in [0.25, 0.3) is 0 Å². The third kappa shape index (κ3) is 3.40. The van der Waals surface area contributed by atoms with E-state index in [1.807, 2.05) is 0 Å². The highest BCUT2D eigenvalue weighted by Gasteiger charge is 2.25. The fraction of sp³-hybridized carbons (Fsp3) is 0.833. The summed E-state index contributed by atoms with van der Waals surface area (Å²) in [5, 5.41) is 17.6. The lowest BCUT2D eigenvalue weighted by Crippen LogP contribution is -2.29. The van der Waals surface area contributed by atoms with Crippen molar-refractivity contribution in [2.24, 2.45) is 0 Å². The molecule has 6 heteroatoms. The van der Waals surface area contributed by atoms with Crippen molar-refractivity contribution in [3.8, 4) is 0 Å². The number of rotatable bonds is 7. The molecule has 1 aromatic rings. The third-order valence-corrected chi connectivity index (χ3v) is 4.17. The summed E-state index contributed by atoms with van der Waals surface area (Å²) >= 11 is 1.44. The average Bonchev–Trinajstić information content (AvgIpc) is 2.98. The van der Waals surface area contributed by atoms with Gasteiger partial charge < -0.3 is 10.4 Å². The van der Waals surface area contributed by atoms with Gasteiger partial charge in [0.15, 0.2) is 0 Å². The molecule has 1 saturated heterocycles. The second-order valence-corrected chi connectivity index (χ2v) is 5.47. The zero-order chi connectivity index (χ0) is 12.8. The lowest BCUT2D eigenvalue weighted by Gasteiger charge is -2.23. The van der Waals surface area contributed by atoms with Crippen LogP contribution in [0.5, 0.6) is 0 Å². The van der Waals surface area contributed by atoms with E-state index in [0.29, 0.717) is 12.6 Å². The highest BCUT2D eigenvalue weighted by atomic mass is 32.1. The minimum absolute atomic E-state index is 0.297. The predicted octanol–water partition coefficient (Wildman–Crippen LogP) is 1.71. The summed E-state index contributed by atoms with van der Waals surface area (Å²) in [5.74, 6) is 0. The van der Waals surface area contributed by atoms with Crippen LogP contribution in [-0.2, 0) is 6.54 Å². The Morgan fingerprint density at radius 1 is 1.56 bits per heavy atom. The van der Waals surface area contributed by atoms with Crippen molar-refractivity contribution < 1.29 is 5.11 Å². The molecular weight excluding hydrogens is 248 g/mol. The number of likely N-dealkylation sites (tertiary alicyclic amines) is 1. The van der Waals surface area contributed by atoms with Gasteiger partial charge >= 0.3 is 0 Å². The normalized spacial score (nSPS) is 20.4. The van der Waals surface area contributed by atoms with Crippen LogP contribution in [-0.4, -0.2) is 45.3 Å². The molecule has 2 rings (SSSR count). The lowest BCUT2D eigenvalue weighted by molar-refractivity contribution is 0.208. The Morgan fingerprint density at radius 2 is 2.44 bits per heavy atom. The van der Waals surface area contributed by atoms with E-state index in [4.69, 9.17) is 5.11 Å². The molecule has 1 aliphatic heterocycles. The molecular formula is C12H22N4OS. The molecule has 5 nitrogen and oxygen atoms in total. The second kappa shape index (κ2) is 7.01. The van der Waals surface area contributed by atoms with Crippen LogP contribution in [0, 0.1) is 0 Å². The number of nitrogens with one attached hydrogen (secondary N) is 1. The van der Waals surface area contributed by atoms with Gasteiger partial charge in [0, 0.05) is 37.3 Å². The fourth-order valence-corrected chi connectivity index (χ4v) is 3.20. The van der Waals surface area contributed by atoms with Crippen molar-refractivity contribution in [2.45, 2.75) is 45.2 Å². The van der Waals surface area contributed by atoms with Gasteiger partial charge in [0.05, 0.1) is 0 Å². The van der Waals surface area contributed by atoms with Gasteiger partial charge in [-0.1, -0.05) is 4.49 Å². The minimum atomic E-state index is 0.297. The van der Waals surface area contributed by atoms with E-state index in [2.05, 4.69) is 26.7 Å². The molecule has 102 valence electrons. The molecule has 0 bridgehead atoms. The molecule has 1 aliphatic rings. The van der Waals surface area contributed by atoms with Crippen LogP contribution < -0.4 is 5.32 Å². The number of aliphatic hydroxyl groups is 1. The Morgan fingerprint density at radius 3 is 3.22 bits per heavy atom. The molecule has 1 fully saturated rings. The molecule has 0 spiro atoms. The van der Waals surface area contributed by atoms with Crippen LogP contribution >= 0.6 is 11.5 Å². The molecule has 1 atom stereocenters. The zero-order valence-corrected chi connectivity index (χ0v) is 11.7. The van der Waals surface area contributed by atoms with Gasteiger partial charge in [-0.05, 0) is 39.2 Å². The van der Waals surface area contributed by atoms with Crippen molar-refractivity contribution in [1.29, 1.82) is 0 Å². The number of anilines is 1. The second-order valence-electron chi connectivity index (χ2n) is 4.71. The Balaban J connectivity index is 1.92. The summed E-state index contributed by atoms with van der Waals surface area (Å²) in [4.78, 5) is 2.48. The van der Waals surface area contributed by atoms with E-state index in [1.54, 1.807) is 0 Å². The number of aromatic nitrogens is 2. The molecule has 18 heavy (non-hydrogen) atoms. The summed E-state index contributed by atoms with van der Waals surface area (Å²) in [6.07, 6.45) is 4.49. The number of hydrogen-bond acceptors (Lipinski definition) is 6. The van der Waals surface area contributed by atoms with E-state index in [1.165, 1.54) is 24.4 Å². The first-order valence-corrected chi connectivity index (χ1v) is 7.52. The van der Waals surface area contributed by atoms with Crippen LogP contribution in [0.2, 0.25) is 0 Å². The van der Waals surface area contributed by atoms with Crippen molar-refractivity contribution in [2.75, 3.05) is 25.0 Å². The number of aliphatic hydroxyl groups excluding tert-OH is 1.